The van der Waals surface area contributed by atoms with Gasteiger partial charge in [-0.1, -0.05) is 29.8 Å². The summed E-state index contributed by atoms with van der Waals surface area (Å²) in [6.07, 6.45) is 0.183. The van der Waals surface area contributed by atoms with Crippen LogP contribution in [0.25, 0.3) is 0 Å². The first-order valence-electron chi connectivity index (χ1n) is 14.7. The average molecular weight is 684 g/mol. The number of rotatable bonds is 9. The van der Waals surface area contributed by atoms with E-state index in [9.17, 15) is 19.8 Å². The number of carbonyl (C=O) groups is 2. The predicted molar refractivity (Wildman–Crippen MR) is 179 cm³/mol. The van der Waals surface area contributed by atoms with E-state index in [0.29, 0.717) is 23.9 Å². The first kappa shape index (κ1) is 35.2. The van der Waals surface area contributed by atoms with Gasteiger partial charge in [-0.2, -0.15) is 0 Å². The number of halogens is 2. The Morgan fingerprint density at radius 3 is 2.15 bits per heavy atom. The summed E-state index contributed by atoms with van der Waals surface area (Å²) in [6, 6.07) is 24.2. The number of aromatic hydroxyl groups is 2. The number of nitrogens with zero attached hydrogens (tertiary/aromatic N) is 2. The van der Waals surface area contributed by atoms with Crippen molar-refractivity contribution in [1.29, 1.82) is 0 Å². The Kier molecular flexibility index (Phi) is 12.6. The molecular formula is C35H36Cl2N2O8. The molecule has 12 heteroatoms. The van der Waals surface area contributed by atoms with Gasteiger partial charge in [0.25, 0.3) is 5.91 Å². The lowest BCUT2D eigenvalue weighted by Gasteiger charge is -2.34. The minimum atomic E-state index is -0.210. The van der Waals surface area contributed by atoms with E-state index in [1.54, 1.807) is 55.6 Å². The van der Waals surface area contributed by atoms with Crippen molar-refractivity contribution in [1.82, 2.24) is 9.80 Å². The van der Waals surface area contributed by atoms with E-state index in [4.69, 9.17) is 30.5 Å². The topological polar surface area (TPSA) is 118 Å². The molecule has 4 aromatic rings. The Hall–Kier alpha value is -4.64. The summed E-state index contributed by atoms with van der Waals surface area (Å²) in [5.41, 5.74) is 2.22. The Labute approximate surface area is 284 Å². The number of hydrogen-bond donors (Lipinski definition) is 2. The summed E-state index contributed by atoms with van der Waals surface area (Å²) in [5, 5.41) is 19.4. The quantitative estimate of drug-likeness (QED) is 0.213. The fourth-order valence-electron chi connectivity index (χ4n) is 5.00. The number of Topliss-reactive ketones (excluding diaryl/α,β-unsaturated/α-hetero) is 1. The Morgan fingerprint density at radius 2 is 1.47 bits per heavy atom. The average Bonchev–Trinajstić information content (AvgIpc) is 3.53. The van der Waals surface area contributed by atoms with Crippen LogP contribution in [-0.2, 0) is 17.8 Å². The number of benzene rings is 4. The molecule has 0 aliphatic carbocycles. The van der Waals surface area contributed by atoms with E-state index < -0.39 is 0 Å². The molecule has 0 atom stereocenters. The second-order valence-electron chi connectivity index (χ2n) is 10.7. The van der Waals surface area contributed by atoms with Gasteiger partial charge in [0.15, 0.2) is 23.9 Å². The van der Waals surface area contributed by atoms with Gasteiger partial charge in [0.05, 0.1) is 12.7 Å². The molecule has 2 aliphatic heterocycles. The van der Waals surface area contributed by atoms with Gasteiger partial charge in [-0.15, -0.1) is 12.4 Å². The SMILES string of the molecule is COc1ccc(CC(=O)c2ccc(O)cc2O)cc1.Cl.O=C(COc1ccc(Cl)cc1)N1CCN(Cc2ccc3c(c2)OCO3)CC1. The van der Waals surface area contributed by atoms with Crippen molar-refractivity contribution in [3.63, 3.8) is 0 Å². The Bertz CT molecular complexity index is 1640. The summed E-state index contributed by atoms with van der Waals surface area (Å²) in [5.74, 6) is 2.50. The maximum atomic E-state index is 12.4. The maximum Gasteiger partial charge on any atom is 0.260 e. The van der Waals surface area contributed by atoms with Crippen molar-refractivity contribution < 1.29 is 38.7 Å². The lowest BCUT2D eigenvalue weighted by Crippen LogP contribution is -2.49. The van der Waals surface area contributed by atoms with Crippen molar-refractivity contribution in [3.05, 3.63) is 107 Å². The summed E-state index contributed by atoms with van der Waals surface area (Å²) in [6.45, 7) is 4.24. The van der Waals surface area contributed by atoms with Crippen LogP contribution in [0.1, 0.15) is 21.5 Å². The molecule has 1 fully saturated rings. The number of fused-ring (bicyclic) bond motifs is 1. The molecule has 2 N–H and O–H groups in total. The number of carbonyl (C=O) groups excluding carboxylic acids is 2. The molecule has 2 aliphatic rings. The standard InChI is InChI=1S/C20H21ClN2O4.C15H14O4.ClH/c21-16-2-4-17(5-3-16)25-13-20(24)23-9-7-22(8-10-23)12-15-1-6-18-19(11-15)27-14-26-18;1-19-12-5-2-10(3-6-12)8-14(17)13-7-4-11(16)9-15(13)18;/h1-6,11H,7-10,12-14H2;2-7,9,16,18H,8H2,1H3;1H. The normalized spacial score (nSPS) is 13.5. The van der Waals surface area contributed by atoms with Crippen molar-refractivity contribution in [2.45, 2.75) is 13.0 Å². The molecule has 1 saturated heterocycles. The van der Waals surface area contributed by atoms with Gasteiger partial charge in [-0.25, -0.2) is 0 Å². The minimum Gasteiger partial charge on any atom is -0.508 e. The van der Waals surface area contributed by atoms with E-state index in [-0.39, 0.29) is 61.0 Å². The molecule has 248 valence electrons. The highest BCUT2D eigenvalue weighted by molar-refractivity contribution is 6.30. The highest BCUT2D eigenvalue weighted by atomic mass is 35.5. The van der Waals surface area contributed by atoms with Crippen LogP contribution in [0.4, 0.5) is 0 Å². The summed E-state index contributed by atoms with van der Waals surface area (Å²) >= 11 is 5.85. The van der Waals surface area contributed by atoms with Crippen molar-refractivity contribution in [2.24, 2.45) is 0 Å². The Balaban J connectivity index is 0.000000221. The smallest absolute Gasteiger partial charge is 0.260 e. The third-order valence-corrected chi connectivity index (χ3v) is 7.80. The molecule has 0 saturated carbocycles. The fourth-order valence-corrected chi connectivity index (χ4v) is 5.13. The summed E-state index contributed by atoms with van der Waals surface area (Å²) in [7, 11) is 1.58. The zero-order valence-electron chi connectivity index (χ0n) is 25.8. The molecule has 10 nitrogen and oxygen atoms in total. The van der Waals surface area contributed by atoms with Crippen LogP contribution in [0.2, 0.25) is 5.02 Å². The van der Waals surface area contributed by atoms with Crippen LogP contribution in [-0.4, -0.2) is 78.4 Å². The first-order chi connectivity index (χ1) is 22.3. The first-order valence-corrected chi connectivity index (χ1v) is 15.1. The number of hydrogen-bond acceptors (Lipinski definition) is 9. The van der Waals surface area contributed by atoms with Crippen molar-refractivity contribution in [2.75, 3.05) is 46.7 Å². The van der Waals surface area contributed by atoms with E-state index in [1.165, 1.54) is 17.7 Å². The number of piperazine rings is 1. The number of amides is 1. The highest BCUT2D eigenvalue weighted by Crippen LogP contribution is 2.33. The van der Waals surface area contributed by atoms with Gasteiger partial charge in [0, 0.05) is 50.2 Å². The maximum absolute atomic E-state index is 12.4. The van der Waals surface area contributed by atoms with Crippen LogP contribution in [0.5, 0.6) is 34.5 Å². The van der Waals surface area contributed by atoms with Crippen LogP contribution in [0, 0.1) is 0 Å². The summed E-state index contributed by atoms with van der Waals surface area (Å²) in [4.78, 5) is 28.6. The second kappa shape index (κ2) is 16.8. The molecular weight excluding hydrogens is 647 g/mol. The van der Waals surface area contributed by atoms with Gasteiger partial charge in [-0.3, -0.25) is 14.5 Å². The highest BCUT2D eigenvalue weighted by Gasteiger charge is 2.22. The zero-order chi connectivity index (χ0) is 32.5. The molecule has 0 bridgehead atoms. The zero-order valence-corrected chi connectivity index (χ0v) is 27.3. The molecule has 0 aromatic heterocycles. The second-order valence-corrected chi connectivity index (χ2v) is 11.2. The fraction of sp³-hybridized carbons (Fsp3) is 0.257. The number of ketones is 1. The van der Waals surface area contributed by atoms with Crippen LogP contribution in [0.15, 0.2) is 84.9 Å². The number of methoxy groups -OCH3 is 1. The van der Waals surface area contributed by atoms with Gasteiger partial charge in [-0.05, 0) is 71.8 Å². The van der Waals surface area contributed by atoms with Gasteiger partial charge in [0.1, 0.15) is 23.0 Å². The third-order valence-electron chi connectivity index (χ3n) is 7.55. The third kappa shape index (κ3) is 9.92. The van der Waals surface area contributed by atoms with Crippen LogP contribution in [0.3, 0.4) is 0 Å². The van der Waals surface area contributed by atoms with Gasteiger partial charge >= 0.3 is 0 Å². The van der Waals surface area contributed by atoms with E-state index in [1.807, 2.05) is 17.0 Å². The number of ether oxygens (including phenoxy) is 4. The van der Waals surface area contributed by atoms with E-state index in [2.05, 4.69) is 11.0 Å². The van der Waals surface area contributed by atoms with E-state index in [0.717, 1.165) is 48.5 Å². The number of phenols is 2. The van der Waals surface area contributed by atoms with Crippen LogP contribution >= 0.6 is 24.0 Å². The molecule has 0 unspecified atom stereocenters. The van der Waals surface area contributed by atoms with Gasteiger partial charge in [0.2, 0.25) is 6.79 Å². The van der Waals surface area contributed by atoms with E-state index >= 15 is 0 Å². The van der Waals surface area contributed by atoms with Crippen molar-refractivity contribution in [3.8, 4) is 34.5 Å². The predicted octanol–water partition coefficient (Wildman–Crippen LogP) is 5.75. The monoisotopic (exact) mass is 682 g/mol. The number of phenolic OH excluding ortho intramolecular Hbond substituents is 2. The molecule has 0 spiro atoms. The molecule has 0 radical (unpaired) electrons. The Morgan fingerprint density at radius 1 is 0.809 bits per heavy atom. The molecule has 2 heterocycles. The van der Waals surface area contributed by atoms with Crippen LogP contribution < -0.4 is 18.9 Å². The lowest BCUT2D eigenvalue weighted by molar-refractivity contribution is -0.135. The lowest BCUT2D eigenvalue weighted by atomic mass is 10.0. The van der Waals surface area contributed by atoms with Gasteiger partial charge < -0.3 is 34.1 Å². The molecule has 47 heavy (non-hydrogen) atoms. The summed E-state index contributed by atoms with van der Waals surface area (Å²) < 4.78 is 21.4. The van der Waals surface area contributed by atoms with Crippen molar-refractivity contribution >= 4 is 35.7 Å². The minimum absolute atomic E-state index is 0. The molecule has 4 aromatic carbocycles. The molecule has 6 rings (SSSR count). The largest absolute Gasteiger partial charge is 0.508 e. The molecule has 1 amide bonds.